The van der Waals surface area contributed by atoms with Gasteiger partial charge in [-0.05, 0) is 12.8 Å². The summed E-state index contributed by atoms with van der Waals surface area (Å²) in [6, 6.07) is 2.32. The van der Waals surface area contributed by atoms with Gasteiger partial charge >= 0.3 is 6.61 Å². The predicted octanol–water partition coefficient (Wildman–Crippen LogP) is 3.78. The smallest absolute Gasteiger partial charge is 0.387 e. The third-order valence-electron chi connectivity index (χ3n) is 3.49. The van der Waals surface area contributed by atoms with E-state index < -0.39 is 18.2 Å². The van der Waals surface area contributed by atoms with Crippen molar-refractivity contribution < 1.29 is 17.9 Å². The maximum Gasteiger partial charge on any atom is 0.387 e. The van der Waals surface area contributed by atoms with Crippen molar-refractivity contribution in [2.75, 3.05) is 23.7 Å². The summed E-state index contributed by atoms with van der Waals surface area (Å²) in [5.41, 5.74) is 6.64. The van der Waals surface area contributed by atoms with Gasteiger partial charge in [0.15, 0.2) is 11.6 Å². The summed E-state index contributed by atoms with van der Waals surface area (Å²) in [5.74, 6) is -1.31. The molecule has 0 spiro atoms. The molecule has 2 N–H and O–H groups in total. The van der Waals surface area contributed by atoms with Crippen LogP contribution in [0.3, 0.4) is 0 Å². The summed E-state index contributed by atoms with van der Waals surface area (Å²) in [6.07, 6.45) is 5.52. The number of rotatable bonds is 3. The molecule has 1 heterocycles. The summed E-state index contributed by atoms with van der Waals surface area (Å²) in [7, 11) is 0. The number of nitrogen functional groups attached to an aromatic ring is 1. The summed E-state index contributed by atoms with van der Waals surface area (Å²) in [4.78, 5) is 2.02. The molecule has 0 atom stereocenters. The molecule has 1 fully saturated rings. The number of halogens is 3. The van der Waals surface area contributed by atoms with Gasteiger partial charge in [0.05, 0.1) is 11.4 Å². The van der Waals surface area contributed by atoms with Crippen molar-refractivity contribution in [3.63, 3.8) is 0 Å². The Morgan fingerprint density at radius 3 is 2.25 bits per heavy atom. The lowest BCUT2D eigenvalue weighted by atomic mass is 10.1. The monoisotopic (exact) mass is 288 g/mol. The average molecular weight is 288 g/mol. The van der Waals surface area contributed by atoms with E-state index in [1.54, 1.807) is 0 Å². The van der Waals surface area contributed by atoms with Gasteiger partial charge in [-0.2, -0.15) is 8.78 Å². The number of benzene rings is 1. The van der Waals surface area contributed by atoms with Gasteiger partial charge in [-0.3, -0.25) is 0 Å². The second-order valence-corrected chi connectivity index (χ2v) is 4.97. The van der Waals surface area contributed by atoms with Gasteiger partial charge in [-0.25, -0.2) is 4.39 Å². The SMILES string of the molecule is Nc1cc(F)c(OC(F)F)cc1N1CCCCCCC1. The third-order valence-corrected chi connectivity index (χ3v) is 3.49. The number of ether oxygens (including phenoxy) is 1. The first-order valence-corrected chi connectivity index (χ1v) is 6.86. The van der Waals surface area contributed by atoms with Crippen LogP contribution in [-0.2, 0) is 0 Å². The Kier molecular flexibility index (Phi) is 4.98. The number of hydrogen-bond donors (Lipinski definition) is 1. The van der Waals surface area contributed by atoms with Crippen LogP contribution in [0.4, 0.5) is 24.5 Å². The summed E-state index contributed by atoms with van der Waals surface area (Å²) in [6.45, 7) is -1.46. The molecular weight excluding hydrogens is 269 g/mol. The zero-order chi connectivity index (χ0) is 14.5. The summed E-state index contributed by atoms with van der Waals surface area (Å²) in [5, 5.41) is 0. The molecule has 1 aromatic carbocycles. The molecule has 0 amide bonds. The Hall–Kier alpha value is -1.59. The van der Waals surface area contributed by atoms with E-state index in [-0.39, 0.29) is 5.69 Å². The van der Waals surface area contributed by atoms with Crippen LogP contribution in [0.15, 0.2) is 12.1 Å². The maximum atomic E-state index is 13.5. The first-order valence-electron chi connectivity index (χ1n) is 6.86. The average Bonchev–Trinajstić information content (AvgIpc) is 2.32. The fourth-order valence-corrected chi connectivity index (χ4v) is 2.51. The van der Waals surface area contributed by atoms with E-state index in [0.29, 0.717) is 5.69 Å². The van der Waals surface area contributed by atoms with Crippen LogP contribution in [-0.4, -0.2) is 19.7 Å². The highest BCUT2D eigenvalue weighted by atomic mass is 19.3. The van der Waals surface area contributed by atoms with Crippen LogP contribution < -0.4 is 15.4 Å². The van der Waals surface area contributed by atoms with Crippen molar-refractivity contribution >= 4 is 11.4 Å². The zero-order valence-electron chi connectivity index (χ0n) is 11.2. The minimum atomic E-state index is -3.05. The molecule has 1 aliphatic rings. The first kappa shape index (κ1) is 14.8. The van der Waals surface area contributed by atoms with Gasteiger partial charge in [0, 0.05) is 25.2 Å². The van der Waals surface area contributed by atoms with Gasteiger partial charge in [0.25, 0.3) is 0 Å². The van der Waals surface area contributed by atoms with Gasteiger partial charge in [-0.1, -0.05) is 19.3 Å². The highest BCUT2D eigenvalue weighted by Crippen LogP contribution is 2.33. The van der Waals surface area contributed by atoms with E-state index >= 15 is 0 Å². The quantitative estimate of drug-likeness (QED) is 0.860. The molecule has 0 saturated carbocycles. The molecule has 0 bridgehead atoms. The molecule has 1 saturated heterocycles. The molecule has 0 radical (unpaired) electrons. The second-order valence-electron chi connectivity index (χ2n) is 4.97. The number of anilines is 2. The zero-order valence-corrected chi connectivity index (χ0v) is 11.2. The fourth-order valence-electron chi connectivity index (χ4n) is 2.51. The summed E-state index contributed by atoms with van der Waals surface area (Å²) < 4.78 is 42.3. The minimum absolute atomic E-state index is 0.254. The van der Waals surface area contributed by atoms with E-state index in [2.05, 4.69) is 4.74 Å². The van der Waals surface area contributed by atoms with Gasteiger partial charge in [0.1, 0.15) is 0 Å². The van der Waals surface area contributed by atoms with Crippen molar-refractivity contribution in [1.29, 1.82) is 0 Å². The minimum Gasteiger partial charge on any atom is -0.432 e. The van der Waals surface area contributed by atoms with Crippen LogP contribution in [0.5, 0.6) is 5.75 Å². The third kappa shape index (κ3) is 3.71. The molecule has 3 nitrogen and oxygen atoms in total. The molecule has 0 aliphatic carbocycles. The topological polar surface area (TPSA) is 38.5 Å². The lowest BCUT2D eigenvalue weighted by molar-refractivity contribution is -0.0521. The number of nitrogens with zero attached hydrogens (tertiary/aromatic N) is 1. The van der Waals surface area contributed by atoms with Crippen LogP contribution in [0.25, 0.3) is 0 Å². The fraction of sp³-hybridized carbons (Fsp3) is 0.571. The Bertz CT molecular complexity index is 446. The van der Waals surface area contributed by atoms with Crippen molar-refractivity contribution in [1.82, 2.24) is 0 Å². The van der Waals surface area contributed by atoms with Crippen LogP contribution in [0, 0.1) is 5.82 Å². The van der Waals surface area contributed by atoms with Crippen molar-refractivity contribution in [2.45, 2.75) is 38.7 Å². The van der Waals surface area contributed by atoms with Crippen LogP contribution >= 0.6 is 0 Å². The van der Waals surface area contributed by atoms with E-state index in [0.717, 1.165) is 44.8 Å². The largest absolute Gasteiger partial charge is 0.432 e. The Morgan fingerprint density at radius 2 is 1.65 bits per heavy atom. The van der Waals surface area contributed by atoms with Crippen molar-refractivity contribution in [3.8, 4) is 5.75 Å². The summed E-state index contributed by atoms with van der Waals surface area (Å²) >= 11 is 0. The molecule has 2 rings (SSSR count). The lowest BCUT2D eigenvalue weighted by Crippen LogP contribution is -2.28. The van der Waals surface area contributed by atoms with Gasteiger partial charge in [-0.15, -0.1) is 0 Å². The highest BCUT2D eigenvalue weighted by molar-refractivity contribution is 5.70. The Labute approximate surface area is 116 Å². The predicted molar refractivity (Wildman–Crippen MR) is 72.7 cm³/mol. The molecular formula is C14H19F3N2O. The Balaban J connectivity index is 2.24. The molecule has 0 unspecified atom stereocenters. The number of hydrogen-bond acceptors (Lipinski definition) is 3. The van der Waals surface area contributed by atoms with Crippen molar-refractivity contribution in [2.24, 2.45) is 0 Å². The van der Waals surface area contributed by atoms with E-state index in [1.807, 2.05) is 4.90 Å². The van der Waals surface area contributed by atoms with Crippen LogP contribution in [0.1, 0.15) is 32.1 Å². The first-order chi connectivity index (χ1) is 9.58. The normalized spacial score (nSPS) is 16.9. The molecule has 0 aromatic heterocycles. The molecule has 1 aliphatic heterocycles. The molecule has 1 aromatic rings. The van der Waals surface area contributed by atoms with E-state index in [1.165, 1.54) is 12.5 Å². The van der Waals surface area contributed by atoms with E-state index in [9.17, 15) is 13.2 Å². The number of alkyl halides is 2. The second kappa shape index (κ2) is 6.72. The maximum absolute atomic E-state index is 13.5. The van der Waals surface area contributed by atoms with Crippen LogP contribution in [0.2, 0.25) is 0 Å². The standard InChI is InChI=1S/C14H19F3N2O/c15-10-8-11(18)12(9-13(10)20-14(16)17)19-6-4-2-1-3-5-7-19/h8-9,14H,1-7,18H2. The number of nitrogens with two attached hydrogens (primary N) is 1. The highest BCUT2D eigenvalue weighted by Gasteiger charge is 2.17. The van der Waals surface area contributed by atoms with Gasteiger partial charge < -0.3 is 15.4 Å². The molecule has 6 heteroatoms. The Morgan fingerprint density at radius 1 is 1.05 bits per heavy atom. The van der Waals surface area contributed by atoms with Crippen molar-refractivity contribution in [3.05, 3.63) is 17.9 Å². The molecule has 112 valence electrons. The van der Waals surface area contributed by atoms with Gasteiger partial charge in [0.2, 0.25) is 0 Å². The van der Waals surface area contributed by atoms with E-state index in [4.69, 9.17) is 5.73 Å². The lowest BCUT2D eigenvalue weighted by Gasteiger charge is -2.28. The molecule has 20 heavy (non-hydrogen) atoms.